The summed E-state index contributed by atoms with van der Waals surface area (Å²) in [5, 5.41) is 30.5. The van der Waals surface area contributed by atoms with Gasteiger partial charge in [0.1, 0.15) is 18.0 Å². The molecule has 11 nitrogen and oxygen atoms in total. The minimum absolute atomic E-state index is 0.104. The van der Waals surface area contributed by atoms with Crippen molar-refractivity contribution in [2.24, 2.45) is 18.9 Å². The van der Waals surface area contributed by atoms with Gasteiger partial charge in [0.15, 0.2) is 5.82 Å². The molecule has 3 aromatic rings. The Morgan fingerprint density at radius 3 is 2.81 bits per heavy atom. The summed E-state index contributed by atoms with van der Waals surface area (Å²) in [6.45, 7) is 0.398. The molecule has 0 spiro atoms. The summed E-state index contributed by atoms with van der Waals surface area (Å²) in [6, 6.07) is 3.68. The number of carbonyl (C=O) groups is 1. The van der Waals surface area contributed by atoms with E-state index in [-0.39, 0.29) is 12.0 Å². The van der Waals surface area contributed by atoms with Gasteiger partial charge in [-0.1, -0.05) is 5.21 Å². The second kappa shape index (κ2) is 8.64. The molecule has 2 atom stereocenters. The van der Waals surface area contributed by atoms with Crippen LogP contribution < -0.4 is 4.74 Å². The van der Waals surface area contributed by atoms with Crippen LogP contribution in [0.3, 0.4) is 0 Å². The molecule has 2 aliphatic rings. The summed E-state index contributed by atoms with van der Waals surface area (Å²) < 4.78 is 7.69. The van der Waals surface area contributed by atoms with E-state index in [1.165, 1.54) is 12.8 Å². The molecule has 2 unspecified atom stereocenters. The monoisotopic (exact) mass is 438 g/mol. The highest BCUT2D eigenvalue weighted by atomic mass is 16.5. The van der Waals surface area contributed by atoms with Gasteiger partial charge in [0.05, 0.1) is 29.6 Å². The number of aryl methyl sites for hydroxylation is 1. The lowest BCUT2D eigenvalue weighted by Crippen LogP contribution is -2.29. The average Bonchev–Trinajstić information content (AvgIpc) is 3.38. The molecule has 5 rings (SSSR count). The lowest BCUT2D eigenvalue weighted by molar-refractivity contribution is -0.143. The Kier molecular flexibility index (Phi) is 5.54. The van der Waals surface area contributed by atoms with E-state index in [4.69, 9.17) is 4.74 Å². The van der Waals surface area contributed by atoms with Gasteiger partial charge in [-0.2, -0.15) is 4.80 Å². The normalized spacial score (nSPS) is 20.9. The van der Waals surface area contributed by atoms with Crippen LogP contribution in [0.2, 0.25) is 0 Å². The van der Waals surface area contributed by atoms with Crippen LogP contribution in [0.1, 0.15) is 50.0 Å². The van der Waals surface area contributed by atoms with Crippen LogP contribution in [-0.4, -0.2) is 57.4 Å². The van der Waals surface area contributed by atoms with Crippen LogP contribution in [0.25, 0.3) is 11.4 Å². The summed E-state index contributed by atoms with van der Waals surface area (Å²) in [5.74, 6) is 1.02. The van der Waals surface area contributed by atoms with Crippen LogP contribution >= 0.6 is 0 Å². The molecule has 0 bridgehead atoms. The van der Waals surface area contributed by atoms with E-state index in [1.807, 2.05) is 19.2 Å². The topological polar surface area (TPSA) is 134 Å². The van der Waals surface area contributed by atoms with Crippen molar-refractivity contribution in [3.8, 4) is 17.1 Å². The fourth-order valence-corrected chi connectivity index (χ4v) is 4.15. The molecule has 0 radical (unpaired) electrons. The number of nitrogens with zero attached hydrogens (tertiary/aromatic N) is 8. The number of rotatable bonds is 8. The Morgan fingerprint density at radius 1 is 1.19 bits per heavy atom. The number of hydrogen-bond donors (Lipinski definition) is 1. The molecular weight excluding hydrogens is 412 g/mol. The zero-order valence-electron chi connectivity index (χ0n) is 18.0. The number of hydrogen-bond acceptors (Lipinski definition) is 8. The van der Waals surface area contributed by atoms with Crippen molar-refractivity contribution in [1.29, 1.82) is 0 Å². The van der Waals surface area contributed by atoms with Gasteiger partial charge in [-0.15, -0.1) is 15.3 Å². The van der Waals surface area contributed by atoms with Crippen molar-refractivity contribution in [3.05, 3.63) is 29.8 Å². The van der Waals surface area contributed by atoms with Crippen molar-refractivity contribution in [1.82, 2.24) is 40.2 Å². The molecule has 2 aliphatic carbocycles. The molecule has 11 heteroatoms. The minimum Gasteiger partial charge on any atom is -0.489 e. The van der Waals surface area contributed by atoms with E-state index in [0.29, 0.717) is 42.4 Å². The molecule has 0 aliphatic heterocycles. The molecule has 168 valence electrons. The fourth-order valence-electron chi connectivity index (χ4n) is 4.15. The quantitative estimate of drug-likeness (QED) is 0.559. The van der Waals surface area contributed by atoms with E-state index in [2.05, 4.69) is 30.7 Å². The molecule has 32 heavy (non-hydrogen) atoms. The van der Waals surface area contributed by atoms with Crippen LogP contribution in [-0.2, 0) is 24.8 Å². The second-order valence-electron chi connectivity index (χ2n) is 8.71. The molecule has 0 aromatic carbocycles. The number of aromatic nitrogens is 8. The summed E-state index contributed by atoms with van der Waals surface area (Å²) in [5.41, 5.74) is 2.16. The van der Waals surface area contributed by atoms with Crippen molar-refractivity contribution in [3.63, 3.8) is 0 Å². The highest BCUT2D eigenvalue weighted by Crippen LogP contribution is 2.31. The first-order valence-corrected chi connectivity index (χ1v) is 11.1. The summed E-state index contributed by atoms with van der Waals surface area (Å²) in [6.07, 6.45) is 7.87. The van der Waals surface area contributed by atoms with Crippen molar-refractivity contribution >= 4 is 5.97 Å². The van der Waals surface area contributed by atoms with E-state index in [1.54, 1.807) is 15.7 Å². The third-order valence-electron chi connectivity index (χ3n) is 6.15. The largest absolute Gasteiger partial charge is 0.489 e. The predicted molar refractivity (Wildman–Crippen MR) is 112 cm³/mol. The molecule has 2 saturated carbocycles. The predicted octanol–water partition coefficient (Wildman–Crippen LogP) is 1.89. The summed E-state index contributed by atoms with van der Waals surface area (Å²) in [4.78, 5) is 17.4. The number of pyridine rings is 1. The van der Waals surface area contributed by atoms with Crippen LogP contribution in [0.4, 0.5) is 0 Å². The summed E-state index contributed by atoms with van der Waals surface area (Å²) >= 11 is 0. The Labute approximate surface area is 184 Å². The third kappa shape index (κ3) is 4.61. The van der Waals surface area contributed by atoms with Crippen molar-refractivity contribution in [2.75, 3.05) is 0 Å². The van der Waals surface area contributed by atoms with Gasteiger partial charge < -0.3 is 9.84 Å². The fraction of sp³-hybridized carbons (Fsp3) is 0.571. The lowest BCUT2D eigenvalue weighted by atomic mass is 9.87. The van der Waals surface area contributed by atoms with Crippen molar-refractivity contribution < 1.29 is 14.6 Å². The van der Waals surface area contributed by atoms with E-state index >= 15 is 0 Å². The molecule has 2 fully saturated rings. The molecule has 0 amide bonds. The highest BCUT2D eigenvalue weighted by molar-refractivity contribution is 5.70. The summed E-state index contributed by atoms with van der Waals surface area (Å²) in [7, 11) is 1.83. The molecule has 3 aromatic heterocycles. The number of aliphatic carboxylic acids is 1. The van der Waals surface area contributed by atoms with Gasteiger partial charge in [-0.05, 0) is 61.8 Å². The van der Waals surface area contributed by atoms with E-state index in [0.717, 1.165) is 30.8 Å². The third-order valence-corrected chi connectivity index (χ3v) is 6.15. The zero-order valence-corrected chi connectivity index (χ0v) is 18.0. The standard InChI is InChI=1S/C21H26N8O3/c1-28-18(12-29-25-19(23-27-29)9-13-5-6-13)20(24-26-28)17-8-7-16(11-22-17)32-15-4-2-3-14(10-15)21(30)31/h7-8,11,13-15H,2-6,9-10,12H2,1H3,(H,30,31). The average molecular weight is 438 g/mol. The van der Waals surface area contributed by atoms with Gasteiger partial charge in [0.25, 0.3) is 0 Å². The molecule has 1 N–H and O–H groups in total. The number of carboxylic acids is 1. The maximum atomic E-state index is 11.3. The highest BCUT2D eigenvalue weighted by Gasteiger charge is 2.28. The van der Waals surface area contributed by atoms with Gasteiger partial charge in [0, 0.05) is 13.5 Å². The second-order valence-corrected chi connectivity index (χ2v) is 8.71. The molecular formula is C21H26N8O3. The SMILES string of the molecule is Cn1nnc(-c2ccc(OC3CCCC(C(=O)O)C3)cn2)c1Cn1nnc(CC2CC2)n1. The molecule has 3 heterocycles. The maximum absolute atomic E-state index is 11.3. The van der Waals surface area contributed by atoms with Crippen molar-refractivity contribution in [2.45, 2.75) is 57.6 Å². The van der Waals surface area contributed by atoms with E-state index < -0.39 is 5.97 Å². The minimum atomic E-state index is -0.747. The van der Waals surface area contributed by atoms with Gasteiger partial charge in [0.2, 0.25) is 0 Å². The lowest BCUT2D eigenvalue weighted by Gasteiger charge is -2.27. The van der Waals surface area contributed by atoms with Crippen LogP contribution in [0.15, 0.2) is 18.3 Å². The Balaban J connectivity index is 1.27. The molecule has 0 saturated heterocycles. The Bertz CT molecular complexity index is 1090. The van der Waals surface area contributed by atoms with Crippen LogP contribution in [0, 0.1) is 11.8 Å². The Hall–Kier alpha value is -3.37. The van der Waals surface area contributed by atoms with Crippen LogP contribution in [0.5, 0.6) is 5.75 Å². The first kappa shape index (κ1) is 20.5. The van der Waals surface area contributed by atoms with Gasteiger partial charge in [-0.3, -0.25) is 9.78 Å². The van der Waals surface area contributed by atoms with E-state index in [9.17, 15) is 9.90 Å². The smallest absolute Gasteiger partial charge is 0.306 e. The first-order valence-electron chi connectivity index (χ1n) is 11.1. The Morgan fingerprint density at radius 2 is 2.06 bits per heavy atom. The number of ether oxygens (including phenoxy) is 1. The van der Waals surface area contributed by atoms with Gasteiger partial charge in [-0.25, -0.2) is 4.68 Å². The number of carboxylic acid groups (broad SMARTS) is 1. The maximum Gasteiger partial charge on any atom is 0.306 e. The first-order chi connectivity index (χ1) is 15.5. The van der Waals surface area contributed by atoms with Gasteiger partial charge >= 0.3 is 5.97 Å². The zero-order chi connectivity index (χ0) is 22.1. The number of tetrazole rings is 1.